The second kappa shape index (κ2) is 6.19. The minimum absolute atomic E-state index is 0.0159. The summed E-state index contributed by atoms with van der Waals surface area (Å²) in [4.78, 5) is 17.9. The minimum Gasteiger partial charge on any atom is -0.478 e. The van der Waals surface area contributed by atoms with Gasteiger partial charge in [0.15, 0.2) is 15.5 Å². The van der Waals surface area contributed by atoms with E-state index in [1.807, 2.05) is 6.92 Å². The molecule has 0 bridgehead atoms. The average Bonchev–Trinajstić information content (AvgIpc) is 2.80. The number of halogens is 1. The van der Waals surface area contributed by atoms with Gasteiger partial charge in [0.25, 0.3) is 5.91 Å². The van der Waals surface area contributed by atoms with E-state index in [0.717, 1.165) is 0 Å². The Kier molecular flexibility index (Phi) is 4.73. The highest BCUT2D eigenvalue weighted by Gasteiger charge is 2.34. The van der Waals surface area contributed by atoms with E-state index in [4.69, 9.17) is 16.3 Å². The van der Waals surface area contributed by atoms with Crippen LogP contribution in [-0.2, 0) is 9.84 Å². The largest absolute Gasteiger partial charge is 0.478 e. The van der Waals surface area contributed by atoms with E-state index in [2.05, 4.69) is 4.98 Å². The lowest BCUT2D eigenvalue weighted by Gasteiger charge is -2.23. The van der Waals surface area contributed by atoms with Crippen molar-refractivity contribution in [3.05, 3.63) is 22.8 Å². The Morgan fingerprint density at radius 2 is 2.24 bits per heavy atom. The molecule has 2 heterocycles. The maximum atomic E-state index is 12.4. The molecule has 1 atom stereocenters. The van der Waals surface area contributed by atoms with E-state index in [-0.39, 0.29) is 28.3 Å². The number of pyridine rings is 1. The molecule has 0 radical (unpaired) electrons. The van der Waals surface area contributed by atoms with Gasteiger partial charge in [0, 0.05) is 19.2 Å². The summed E-state index contributed by atoms with van der Waals surface area (Å²) < 4.78 is 28.3. The predicted octanol–water partition coefficient (Wildman–Crippen LogP) is 1.39. The number of carbonyl (C=O) groups is 1. The van der Waals surface area contributed by atoms with Crippen LogP contribution in [0, 0.1) is 0 Å². The number of hydrogen-bond donors (Lipinski definition) is 0. The molecule has 0 aromatic carbocycles. The van der Waals surface area contributed by atoms with Gasteiger partial charge < -0.3 is 9.64 Å². The van der Waals surface area contributed by atoms with Gasteiger partial charge in [-0.3, -0.25) is 4.79 Å². The maximum absolute atomic E-state index is 12.4. The van der Waals surface area contributed by atoms with Crippen LogP contribution in [0.15, 0.2) is 12.1 Å². The van der Waals surface area contributed by atoms with Gasteiger partial charge in [0.2, 0.25) is 5.88 Å². The Balaban J connectivity index is 2.21. The Morgan fingerprint density at radius 3 is 2.81 bits per heavy atom. The number of ether oxygens (including phenoxy) is 1. The zero-order chi connectivity index (χ0) is 15.6. The molecule has 0 N–H and O–H groups in total. The summed E-state index contributed by atoms with van der Waals surface area (Å²) in [7, 11) is -1.49. The third kappa shape index (κ3) is 3.65. The fourth-order valence-corrected chi connectivity index (χ4v) is 4.18. The summed E-state index contributed by atoms with van der Waals surface area (Å²) in [5.41, 5.74) is 0.0782. The molecule has 2 rings (SSSR count). The first-order chi connectivity index (χ1) is 9.84. The molecule has 8 heteroatoms. The van der Waals surface area contributed by atoms with Crippen molar-refractivity contribution in [2.75, 3.05) is 25.2 Å². The number of carbonyl (C=O) groups excluding carboxylic acids is 1. The smallest absolute Gasteiger partial charge is 0.274 e. The summed E-state index contributed by atoms with van der Waals surface area (Å²) in [6, 6.07) is 2.80. The molecule has 1 saturated heterocycles. The van der Waals surface area contributed by atoms with Gasteiger partial charge in [0.05, 0.1) is 23.1 Å². The van der Waals surface area contributed by atoms with Gasteiger partial charge in [-0.25, -0.2) is 13.4 Å². The van der Waals surface area contributed by atoms with Gasteiger partial charge in [-0.05, 0) is 19.4 Å². The minimum atomic E-state index is -3.06. The van der Waals surface area contributed by atoms with Crippen molar-refractivity contribution in [2.45, 2.75) is 19.4 Å². The Bertz CT molecular complexity index is 648. The topological polar surface area (TPSA) is 76.6 Å². The fourth-order valence-electron chi connectivity index (χ4n) is 2.22. The normalized spacial score (nSPS) is 20.2. The lowest BCUT2D eigenvalue weighted by molar-refractivity contribution is 0.0740. The molecular weight excluding hydrogens is 316 g/mol. The van der Waals surface area contributed by atoms with Crippen molar-refractivity contribution >= 4 is 27.3 Å². The first kappa shape index (κ1) is 16.0. The molecule has 1 aliphatic heterocycles. The third-order valence-corrected chi connectivity index (χ3v) is 5.45. The summed E-state index contributed by atoms with van der Waals surface area (Å²) in [5, 5.41) is 0.219. The molecule has 0 aliphatic carbocycles. The van der Waals surface area contributed by atoms with E-state index in [1.165, 1.54) is 4.90 Å². The fraction of sp³-hybridized carbons (Fsp3) is 0.538. The summed E-state index contributed by atoms with van der Waals surface area (Å²) in [5.74, 6) is 0.00863. The van der Waals surface area contributed by atoms with Crippen molar-refractivity contribution in [3.8, 4) is 5.88 Å². The van der Waals surface area contributed by atoms with Crippen LogP contribution < -0.4 is 4.74 Å². The first-order valence-electron chi connectivity index (χ1n) is 6.61. The van der Waals surface area contributed by atoms with E-state index in [9.17, 15) is 13.2 Å². The zero-order valence-corrected chi connectivity index (χ0v) is 13.4. The quantitative estimate of drug-likeness (QED) is 0.832. The molecule has 0 saturated carbocycles. The molecule has 6 nitrogen and oxygen atoms in total. The van der Waals surface area contributed by atoms with E-state index >= 15 is 0 Å². The molecule has 1 unspecified atom stereocenters. The monoisotopic (exact) mass is 332 g/mol. The lowest BCUT2D eigenvalue weighted by Crippen LogP contribution is -2.38. The van der Waals surface area contributed by atoms with Crippen LogP contribution in [0.5, 0.6) is 5.88 Å². The predicted molar refractivity (Wildman–Crippen MR) is 79.6 cm³/mol. The van der Waals surface area contributed by atoms with Crippen LogP contribution in [-0.4, -0.2) is 55.4 Å². The number of hydrogen-bond acceptors (Lipinski definition) is 5. The first-order valence-corrected chi connectivity index (χ1v) is 8.81. The standard InChI is InChI=1S/C13H17ClN2O4S/c1-3-20-11-5-4-10(14)12(15-11)13(17)16(2)9-6-7-21(18,19)8-9/h4-5,9H,3,6-8H2,1-2H3. The van der Waals surface area contributed by atoms with Crippen molar-refractivity contribution in [3.63, 3.8) is 0 Å². The van der Waals surface area contributed by atoms with Gasteiger partial charge in [-0.2, -0.15) is 0 Å². The molecular formula is C13H17ClN2O4S. The average molecular weight is 333 g/mol. The summed E-state index contributed by atoms with van der Waals surface area (Å²) in [6.07, 6.45) is 0.438. The van der Waals surface area contributed by atoms with Crippen LogP contribution in [0.2, 0.25) is 5.02 Å². The molecule has 1 aliphatic rings. The van der Waals surface area contributed by atoms with Crippen molar-refractivity contribution in [2.24, 2.45) is 0 Å². The van der Waals surface area contributed by atoms with Crippen LogP contribution in [0.25, 0.3) is 0 Å². The maximum Gasteiger partial charge on any atom is 0.274 e. The number of nitrogens with zero attached hydrogens (tertiary/aromatic N) is 2. The number of sulfone groups is 1. The third-order valence-electron chi connectivity index (χ3n) is 3.39. The highest BCUT2D eigenvalue weighted by Crippen LogP contribution is 2.23. The molecule has 21 heavy (non-hydrogen) atoms. The zero-order valence-electron chi connectivity index (χ0n) is 11.9. The lowest BCUT2D eigenvalue weighted by atomic mass is 10.2. The molecule has 0 spiro atoms. The second-order valence-corrected chi connectivity index (χ2v) is 7.52. The number of rotatable bonds is 4. The van der Waals surface area contributed by atoms with Crippen LogP contribution in [0.1, 0.15) is 23.8 Å². The highest BCUT2D eigenvalue weighted by molar-refractivity contribution is 7.91. The van der Waals surface area contributed by atoms with Crippen molar-refractivity contribution in [1.82, 2.24) is 9.88 Å². The highest BCUT2D eigenvalue weighted by atomic mass is 35.5. The van der Waals surface area contributed by atoms with Crippen molar-refractivity contribution < 1.29 is 17.9 Å². The molecule has 1 aromatic heterocycles. The van der Waals surface area contributed by atoms with Gasteiger partial charge in [0.1, 0.15) is 0 Å². The second-order valence-electron chi connectivity index (χ2n) is 4.89. The Morgan fingerprint density at radius 1 is 1.52 bits per heavy atom. The number of aromatic nitrogens is 1. The Hall–Kier alpha value is -1.34. The molecule has 1 fully saturated rings. The van der Waals surface area contributed by atoms with E-state index in [1.54, 1.807) is 19.2 Å². The Labute approximate surface area is 129 Å². The number of amides is 1. The molecule has 1 amide bonds. The SMILES string of the molecule is CCOc1ccc(Cl)c(C(=O)N(C)C2CCS(=O)(=O)C2)n1. The molecule has 116 valence electrons. The van der Waals surface area contributed by atoms with Gasteiger partial charge >= 0.3 is 0 Å². The van der Waals surface area contributed by atoms with Crippen molar-refractivity contribution in [1.29, 1.82) is 0 Å². The van der Waals surface area contributed by atoms with E-state index < -0.39 is 15.7 Å². The summed E-state index contributed by atoms with van der Waals surface area (Å²) in [6.45, 7) is 2.24. The van der Waals surface area contributed by atoms with Crippen LogP contribution >= 0.6 is 11.6 Å². The van der Waals surface area contributed by atoms with Crippen LogP contribution in [0.4, 0.5) is 0 Å². The molecule has 1 aromatic rings. The van der Waals surface area contributed by atoms with E-state index in [0.29, 0.717) is 18.9 Å². The summed E-state index contributed by atoms with van der Waals surface area (Å²) >= 11 is 6.01. The van der Waals surface area contributed by atoms with Crippen LogP contribution in [0.3, 0.4) is 0 Å². The van der Waals surface area contributed by atoms with Gasteiger partial charge in [-0.15, -0.1) is 0 Å². The van der Waals surface area contributed by atoms with Gasteiger partial charge in [-0.1, -0.05) is 11.6 Å².